The van der Waals surface area contributed by atoms with Crippen molar-refractivity contribution < 1.29 is 9.13 Å². The highest BCUT2D eigenvalue weighted by Gasteiger charge is 2.22. The van der Waals surface area contributed by atoms with Crippen LogP contribution in [0.5, 0.6) is 5.75 Å². The molecule has 0 fully saturated rings. The molecule has 0 radical (unpaired) electrons. The number of hydrogen-bond acceptors (Lipinski definition) is 2. The molecule has 0 saturated carbocycles. The molecular weight excluding hydrogens is 333 g/mol. The number of anilines is 1. The Bertz CT molecular complexity index is 687. The van der Waals surface area contributed by atoms with E-state index >= 15 is 0 Å². The van der Waals surface area contributed by atoms with Crippen LogP contribution in [0.25, 0.3) is 0 Å². The fourth-order valence-corrected chi connectivity index (χ4v) is 2.97. The summed E-state index contributed by atoms with van der Waals surface area (Å²) in [4.78, 5) is 0. The van der Waals surface area contributed by atoms with Crippen molar-refractivity contribution in [2.75, 3.05) is 11.9 Å². The van der Waals surface area contributed by atoms with E-state index in [0.717, 1.165) is 23.4 Å². The topological polar surface area (TPSA) is 21.3 Å². The summed E-state index contributed by atoms with van der Waals surface area (Å²) in [6.45, 7) is 4.68. The maximum Gasteiger partial charge on any atom is 0.137 e. The van der Waals surface area contributed by atoms with Crippen LogP contribution in [0.4, 0.5) is 10.1 Å². The van der Waals surface area contributed by atoms with E-state index in [2.05, 4.69) is 40.3 Å². The molecule has 21 heavy (non-hydrogen) atoms. The van der Waals surface area contributed by atoms with Crippen molar-refractivity contribution in [3.05, 3.63) is 57.3 Å². The summed E-state index contributed by atoms with van der Waals surface area (Å²) >= 11 is 3.22. The highest BCUT2D eigenvalue weighted by Crippen LogP contribution is 2.30. The van der Waals surface area contributed by atoms with Crippen molar-refractivity contribution in [2.24, 2.45) is 0 Å². The monoisotopic (exact) mass is 349 g/mol. The van der Waals surface area contributed by atoms with E-state index in [1.165, 1.54) is 17.2 Å². The van der Waals surface area contributed by atoms with E-state index in [0.29, 0.717) is 11.0 Å². The van der Waals surface area contributed by atoms with Gasteiger partial charge in [0.05, 0.1) is 11.0 Å². The van der Waals surface area contributed by atoms with Crippen molar-refractivity contribution >= 4 is 21.6 Å². The summed E-state index contributed by atoms with van der Waals surface area (Å²) in [6, 6.07) is 9.58. The number of hydrogen-bond donors (Lipinski definition) is 1. The lowest BCUT2D eigenvalue weighted by Crippen LogP contribution is -2.24. The van der Waals surface area contributed by atoms with Crippen molar-refractivity contribution in [3.63, 3.8) is 0 Å². The van der Waals surface area contributed by atoms with E-state index in [4.69, 9.17) is 4.74 Å². The Morgan fingerprint density at radius 2 is 2.10 bits per heavy atom. The molecule has 2 aromatic carbocycles. The van der Waals surface area contributed by atoms with Gasteiger partial charge in [-0.15, -0.1) is 0 Å². The molecule has 110 valence electrons. The zero-order chi connectivity index (χ0) is 15.0. The maximum absolute atomic E-state index is 13.4. The molecule has 1 N–H and O–H groups in total. The average molecular weight is 350 g/mol. The van der Waals surface area contributed by atoms with Gasteiger partial charge in [0.2, 0.25) is 0 Å². The first-order valence-corrected chi connectivity index (χ1v) is 7.78. The standard InChI is InChI=1S/C17H17BrFNO/c1-10-3-4-17-12(5-10)7-13(21-17)9-20-16-8-14(18)15(19)6-11(16)2/h3-6,8,13,20H,7,9H2,1-2H3. The number of fused-ring (bicyclic) bond motifs is 1. The molecule has 1 aliphatic heterocycles. The number of halogens is 2. The van der Waals surface area contributed by atoms with Gasteiger partial charge >= 0.3 is 0 Å². The predicted molar refractivity (Wildman–Crippen MR) is 86.6 cm³/mol. The normalized spacial score (nSPS) is 16.5. The molecule has 1 aliphatic rings. The number of rotatable bonds is 3. The first kappa shape index (κ1) is 14.4. The van der Waals surface area contributed by atoms with Gasteiger partial charge in [0.1, 0.15) is 17.7 Å². The van der Waals surface area contributed by atoms with Crippen LogP contribution in [0.1, 0.15) is 16.7 Å². The number of nitrogens with one attached hydrogen (secondary N) is 1. The molecule has 0 amide bonds. The van der Waals surface area contributed by atoms with Gasteiger partial charge in [-0.05, 0) is 59.1 Å². The van der Waals surface area contributed by atoms with Crippen molar-refractivity contribution in [1.29, 1.82) is 0 Å². The Hall–Kier alpha value is -1.55. The molecule has 0 spiro atoms. The third kappa shape index (κ3) is 3.05. The highest BCUT2D eigenvalue weighted by molar-refractivity contribution is 9.10. The first-order chi connectivity index (χ1) is 10.0. The van der Waals surface area contributed by atoms with Gasteiger partial charge in [0.15, 0.2) is 0 Å². The summed E-state index contributed by atoms with van der Waals surface area (Å²) in [5.41, 5.74) is 4.34. The molecule has 0 aromatic heterocycles. The van der Waals surface area contributed by atoms with Crippen LogP contribution < -0.4 is 10.1 Å². The van der Waals surface area contributed by atoms with Gasteiger partial charge in [-0.1, -0.05) is 17.7 Å². The third-order valence-corrected chi connectivity index (χ3v) is 4.35. The third-order valence-electron chi connectivity index (χ3n) is 3.74. The summed E-state index contributed by atoms with van der Waals surface area (Å²) < 4.78 is 19.8. The summed E-state index contributed by atoms with van der Waals surface area (Å²) in [7, 11) is 0. The lowest BCUT2D eigenvalue weighted by atomic mass is 10.1. The lowest BCUT2D eigenvalue weighted by Gasteiger charge is -2.15. The zero-order valence-corrected chi connectivity index (χ0v) is 13.6. The second kappa shape index (κ2) is 5.68. The molecule has 2 nitrogen and oxygen atoms in total. The summed E-state index contributed by atoms with van der Waals surface area (Å²) in [5.74, 6) is 0.738. The Kier molecular flexibility index (Phi) is 3.89. The van der Waals surface area contributed by atoms with Crippen LogP contribution in [0.3, 0.4) is 0 Å². The Morgan fingerprint density at radius 1 is 1.29 bits per heavy atom. The summed E-state index contributed by atoms with van der Waals surface area (Å²) in [5, 5.41) is 3.35. The molecule has 0 bridgehead atoms. The van der Waals surface area contributed by atoms with E-state index in [1.807, 2.05) is 13.0 Å². The zero-order valence-electron chi connectivity index (χ0n) is 12.0. The van der Waals surface area contributed by atoms with Crippen LogP contribution in [-0.2, 0) is 6.42 Å². The van der Waals surface area contributed by atoms with E-state index < -0.39 is 0 Å². The smallest absolute Gasteiger partial charge is 0.137 e. The first-order valence-electron chi connectivity index (χ1n) is 6.98. The van der Waals surface area contributed by atoms with Gasteiger partial charge in [0, 0.05) is 12.1 Å². The van der Waals surface area contributed by atoms with Crippen LogP contribution in [0, 0.1) is 19.7 Å². The molecule has 1 unspecified atom stereocenters. The molecule has 0 aliphatic carbocycles. The van der Waals surface area contributed by atoms with Crippen LogP contribution >= 0.6 is 15.9 Å². The fraction of sp³-hybridized carbons (Fsp3) is 0.294. The maximum atomic E-state index is 13.4. The molecule has 4 heteroatoms. The van der Waals surface area contributed by atoms with Gasteiger partial charge < -0.3 is 10.1 Å². The van der Waals surface area contributed by atoms with Crippen molar-refractivity contribution in [1.82, 2.24) is 0 Å². The molecular formula is C17H17BrFNO. The van der Waals surface area contributed by atoms with E-state index in [9.17, 15) is 4.39 Å². The predicted octanol–water partition coefficient (Wildman–Crippen LogP) is 4.62. The number of ether oxygens (including phenoxy) is 1. The van der Waals surface area contributed by atoms with Crippen molar-refractivity contribution in [2.45, 2.75) is 26.4 Å². The Labute approximate surface area is 132 Å². The molecule has 0 saturated heterocycles. The minimum absolute atomic E-state index is 0.116. The van der Waals surface area contributed by atoms with Crippen LogP contribution in [0.15, 0.2) is 34.8 Å². The molecule has 1 atom stereocenters. The average Bonchev–Trinajstić information content (AvgIpc) is 2.83. The largest absolute Gasteiger partial charge is 0.488 e. The lowest BCUT2D eigenvalue weighted by molar-refractivity contribution is 0.246. The van der Waals surface area contributed by atoms with E-state index in [1.54, 1.807) is 6.07 Å². The molecule has 1 heterocycles. The molecule has 2 aromatic rings. The van der Waals surface area contributed by atoms with E-state index in [-0.39, 0.29) is 11.9 Å². The van der Waals surface area contributed by atoms with Crippen LogP contribution in [-0.4, -0.2) is 12.6 Å². The van der Waals surface area contributed by atoms with Gasteiger partial charge in [0.25, 0.3) is 0 Å². The van der Waals surface area contributed by atoms with Gasteiger partial charge in [-0.25, -0.2) is 4.39 Å². The van der Waals surface area contributed by atoms with Gasteiger partial charge in [-0.3, -0.25) is 0 Å². The number of aryl methyl sites for hydroxylation is 2. The fourth-order valence-electron chi connectivity index (χ4n) is 2.62. The van der Waals surface area contributed by atoms with Crippen LogP contribution in [0.2, 0.25) is 0 Å². The summed E-state index contributed by atoms with van der Waals surface area (Å²) in [6.07, 6.45) is 1.02. The number of benzene rings is 2. The second-order valence-corrected chi connectivity index (χ2v) is 6.37. The quantitative estimate of drug-likeness (QED) is 0.872. The highest BCUT2D eigenvalue weighted by atomic mass is 79.9. The minimum atomic E-state index is -0.238. The Morgan fingerprint density at radius 3 is 2.90 bits per heavy atom. The van der Waals surface area contributed by atoms with Gasteiger partial charge in [-0.2, -0.15) is 0 Å². The second-order valence-electron chi connectivity index (χ2n) is 5.52. The molecule has 3 rings (SSSR count). The SMILES string of the molecule is Cc1ccc2c(c1)CC(CNc1cc(Br)c(F)cc1C)O2. The minimum Gasteiger partial charge on any atom is -0.488 e. The van der Waals surface area contributed by atoms with Crippen molar-refractivity contribution in [3.8, 4) is 5.75 Å². The Balaban J connectivity index is 1.66.